The van der Waals surface area contributed by atoms with E-state index < -0.39 is 0 Å². The maximum absolute atomic E-state index is 5.49. The molecule has 0 atom stereocenters. The van der Waals surface area contributed by atoms with Crippen LogP contribution in [0.2, 0.25) is 0 Å². The number of methoxy groups -OCH3 is 2. The second kappa shape index (κ2) is 10.00. The van der Waals surface area contributed by atoms with Crippen LogP contribution in [0.4, 0.5) is 0 Å². The lowest BCUT2D eigenvalue weighted by Gasteiger charge is -2.40. The molecular formula is C14H29NO3S. The summed E-state index contributed by atoms with van der Waals surface area (Å²) in [6, 6.07) is 0. The SMILES string of the molecule is COCCCN(CCOC)CC1(CS)CCOCC1. The van der Waals surface area contributed by atoms with Crippen molar-refractivity contribution in [1.82, 2.24) is 4.90 Å². The van der Waals surface area contributed by atoms with Gasteiger partial charge in [0.1, 0.15) is 0 Å². The van der Waals surface area contributed by atoms with Crippen LogP contribution in [0.25, 0.3) is 0 Å². The predicted octanol–water partition coefficient (Wildman–Crippen LogP) is 1.70. The van der Waals surface area contributed by atoms with Crippen LogP contribution in [0.15, 0.2) is 0 Å². The molecule has 1 saturated heterocycles. The molecule has 5 heteroatoms. The molecule has 0 aromatic heterocycles. The summed E-state index contributed by atoms with van der Waals surface area (Å²) < 4.78 is 15.9. The average Bonchev–Trinajstić information content (AvgIpc) is 2.46. The van der Waals surface area contributed by atoms with E-state index in [2.05, 4.69) is 17.5 Å². The summed E-state index contributed by atoms with van der Waals surface area (Å²) in [7, 11) is 3.52. The highest BCUT2D eigenvalue weighted by atomic mass is 32.1. The fraction of sp³-hybridized carbons (Fsp3) is 1.00. The molecular weight excluding hydrogens is 262 g/mol. The highest BCUT2D eigenvalue weighted by molar-refractivity contribution is 7.80. The zero-order valence-corrected chi connectivity index (χ0v) is 13.3. The molecule has 0 aromatic carbocycles. The fourth-order valence-corrected chi connectivity index (χ4v) is 2.98. The van der Waals surface area contributed by atoms with Crippen molar-refractivity contribution in [2.75, 3.05) is 66.0 Å². The first-order valence-electron chi connectivity index (χ1n) is 7.15. The molecule has 4 nitrogen and oxygen atoms in total. The molecule has 1 aliphatic heterocycles. The fourth-order valence-electron chi connectivity index (χ4n) is 2.57. The summed E-state index contributed by atoms with van der Waals surface area (Å²) in [4.78, 5) is 2.49. The highest BCUT2D eigenvalue weighted by Crippen LogP contribution is 2.32. The third kappa shape index (κ3) is 6.45. The Bertz CT molecular complexity index is 223. The van der Waals surface area contributed by atoms with Gasteiger partial charge < -0.3 is 19.1 Å². The van der Waals surface area contributed by atoms with Gasteiger partial charge >= 0.3 is 0 Å². The molecule has 1 rings (SSSR count). The van der Waals surface area contributed by atoms with Gasteiger partial charge in [0.05, 0.1) is 6.61 Å². The van der Waals surface area contributed by atoms with E-state index >= 15 is 0 Å². The van der Waals surface area contributed by atoms with E-state index in [-0.39, 0.29) is 0 Å². The Morgan fingerprint density at radius 1 is 1.11 bits per heavy atom. The summed E-state index contributed by atoms with van der Waals surface area (Å²) in [5.41, 5.74) is 0.308. The van der Waals surface area contributed by atoms with Crippen LogP contribution in [-0.2, 0) is 14.2 Å². The van der Waals surface area contributed by atoms with Gasteiger partial charge in [0.2, 0.25) is 0 Å². The molecule has 0 saturated carbocycles. The Morgan fingerprint density at radius 3 is 2.37 bits per heavy atom. The molecule has 19 heavy (non-hydrogen) atoms. The Labute approximate surface area is 123 Å². The van der Waals surface area contributed by atoms with Crippen LogP contribution < -0.4 is 0 Å². The van der Waals surface area contributed by atoms with Crippen LogP contribution in [0.3, 0.4) is 0 Å². The maximum atomic E-state index is 5.49. The highest BCUT2D eigenvalue weighted by Gasteiger charge is 2.32. The first kappa shape index (κ1) is 17.2. The Kier molecular flexibility index (Phi) is 9.07. The first-order chi connectivity index (χ1) is 9.26. The third-order valence-corrected chi connectivity index (χ3v) is 4.55. The largest absolute Gasteiger partial charge is 0.385 e. The molecule has 0 N–H and O–H groups in total. The lowest BCUT2D eigenvalue weighted by Crippen LogP contribution is -2.44. The van der Waals surface area contributed by atoms with Gasteiger partial charge in [-0.25, -0.2) is 0 Å². The molecule has 1 fully saturated rings. The Hall–Kier alpha value is 0.190. The minimum absolute atomic E-state index is 0.308. The summed E-state index contributed by atoms with van der Waals surface area (Å²) in [5.74, 6) is 0.935. The normalized spacial score (nSPS) is 18.9. The van der Waals surface area contributed by atoms with Crippen LogP contribution in [0.5, 0.6) is 0 Å². The second-order valence-corrected chi connectivity index (χ2v) is 5.70. The minimum Gasteiger partial charge on any atom is -0.385 e. The van der Waals surface area contributed by atoms with Crippen molar-refractivity contribution in [2.24, 2.45) is 5.41 Å². The molecule has 1 aliphatic rings. The van der Waals surface area contributed by atoms with Crippen LogP contribution in [0.1, 0.15) is 19.3 Å². The molecule has 0 aliphatic carbocycles. The molecule has 0 spiro atoms. The monoisotopic (exact) mass is 291 g/mol. The number of rotatable bonds is 10. The second-order valence-electron chi connectivity index (χ2n) is 5.39. The van der Waals surface area contributed by atoms with E-state index in [0.29, 0.717) is 5.41 Å². The zero-order chi connectivity index (χ0) is 14.0. The number of thiol groups is 1. The van der Waals surface area contributed by atoms with Crippen molar-refractivity contribution in [3.05, 3.63) is 0 Å². The van der Waals surface area contributed by atoms with Crippen molar-refractivity contribution in [2.45, 2.75) is 19.3 Å². The number of ether oxygens (including phenoxy) is 3. The van der Waals surface area contributed by atoms with Crippen LogP contribution >= 0.6 is 12.6 Å². The van der Waals surface area contributed by atoms with E-state index in [9.17, 15) is 0 Å². The standard InChI is InChI=1S/C14H29NO3S/c1-16-8-3-6-15(7-11-17-2)12-14(13-19)4-9-18-10-5-14/h19H,3-13H2,1-2H3. The van der Waals surface area contributed by atoms with E-state index in [0.717, 1.165) is 71.1 Å². The quantitative estimate of drug-likeness (QED) is 0.490. The zero-order valence-electron chi connectivity index (χ0n) is 12.4. The van der Waals surface area contributed by atoms with Gasteiger partial charge in [0.25, 0.3) is 0 Å². The van der Waals surface area contributed by atoms with Crippen LogP contribution in [-0.4, -0.2) is 70.9 Å². The first-order valence-corrected chi connectivity index (χ1v) is 7.78. The van der Waals surface area contributed by atoms with Crippen LogP contribution in [0, 0.1) is 5.41 Å². The van der Waals surface area contributed by atoms with E-state index in [1.807, 2.05) is 0 Å². The average molecular weight is 291 g/mol. The maximum Gasteiger partial charge on any atom is 0.0589 e. The summed E-state index contributed by atoms with van der Waals surface area (Å²) >= 11 is 4.59. The smallest absolute Gasteiger partial charge is 0.0589 e. The molecule has 0 amide bonds. The summed E-state index contributed by atoms with van der Waals surface area (Å²) in [5, 5.41) is 0. The topological polar surface area (TPSA) is 30.9 Å². The Morgan fingerprint density at radius 2 is 1.79 bits per heavy atom. The Balaban J connectivity index is 2.47. The van der Waals surface area contributed by atoms with Gasteiger partial charge in [-0.15, -0.1) is 0 Å². The lowest BCUT2D eigenvalue weighted by molar-refractivity contribution is 0.00292. The van der Waals surface area contributed by atoms with Crippen molar-refractivity contribution < 1.29 is 14.2 Å². The van der Waals surface area contributed by atoms with Crippen molar-refractivity contribution in [3.63, 3.8) is 0 Å². The molecule has 0 radical (unpaired) electrons. The molecule has 0 unspecified atom stereocenters. The summed E-state index contributed by atoms with van der Waals surface area (Å²) in [6.45, 7) is 6.48. The minimum atomic E-state index is 0.308. The van der Waals surface area contributed by atoms with Gasteiger partial charge in [-0.05, 0) is 30.4 Å². The number of hydrogen-bond donors (Lipinski definition) is 1. The molecule has 1 heterocycles. The summed E-state index contributed by atoms with van der Waals surface area (Å²) in [6.07, 6.45) is 3.30. The predicted molar refractivity (Wildman–Crippen MR) is 81.1 cm³/mol. The molecule has 114 valence electrons. The van der Waals surface area contributed by atoms with Crippen molar-refractivity contribution >= 4 is 12.6 Å². The van der Waals surface area contributed by atoms with Gasteiger partial charge in [-0.1, -0.05) is 0 Å². The van der Waals surface area contributed by atoms with Crippen molar-refractivity contribution in [1.29, 1.82) is 0 Å². The van der Waals surface area contributed by atoms with E-state index in [1.54, 1.807) is 14.2 Å². The van der Waals surface area contributed by atoms with E-state index in [4.69, 9.17) is 14.2 Å². The van der Waals surface area contributed by atoms with Crippen molar-refractivity contribution in [3.8, 4) is 0 Å². The number of nitrogens with zero attached hydrogens (tertiary/aromatic N) is 1. The van der Waals surface area contributed by atoms with Gasteiger partial charge in [0, 0.05) is 53.7 Å². The van der Waals surface area contributed by atoms with E-state index in [1.165, 1.54) is 0 Å². The van der Waals surface area contributed by atoms with Gasteiger partial charge in [-0.2, -0.15) is 12.6 Å². The third-order valence-electron chi connectivity index (χ3n) is 3.88. The van der Waals surface area contributed by atoms with Gasteiger partial charge in [-0.3, -0.25) is 0 Å². The van der Waals surface area contributed by atoms with Gasteiger partial charge in [0.15, 0.2) is 0 Å². The number of hydrogen-bond acceptors (Lipinski definition) is 5. The lowest BCUT2D eigenvalue weighted by atomic mass is 9.81. The molecule has 0 aromatic rings. The molecule has 0 bridgehead atoms.